The van der Waals surface area contributed by atoms with Gasteiger partial charge < -0.3 is 10.1 Å². The highest BCUT2D eigenvalue weighted by molar-refractivity contribution is 5.91. The van der Waals surface area contributed by atoms with E-state index in [-0.39, 0.29) is 5.56 Å². The summed E-state index contributed by atoms with van der Waals surface area (Å²) in [7, 11) is 1.11. The number of nitrogens with one attached hydrogen (secondary N) is 1. The first-order valence-electron chi connectivity index (χ1n) is 7.57. The van der Waals surface area contributed by atoms with Crippen LogP contribution in [0.3, 0.4) is 0 Å². The molecule has 136 valence electrons. The number of aromatic nitrogens is 1. The third-order valence-electron chi connectivity index (χ3n) is 3.79. The van der Waals surface area contributed by atoms with Crippen molar-refractivity contribution < 1.29 is 19.2 Å². The van der Waals surface area contributed by atoms with Crippen LogP contribution in [-0.4, -0.2) is 28.5 Å². The van der Waals surface area contributed by atoms with Gasteiger partial charge in [-0.3, -0.25) is 24.3 Å². The van der Waals surface area contributed by atoms with Crippen LogP contribution in [0.5, 0.6) is 0 Å². The molecule has 1 aromatic heterocycles. The third kappa shape index (κ3) is 4.12. The second-order valence-corrected chi connectivity index (χ2v) is 5.64. The normalized spacial score (nSPS) is 10.3. The second kappa shape index (κ2) is 7.60. The molecule has 9 nitrogen and oxygen atoms in total. The molecule has 0 atom stereocenters. The summed E-state index contributed by atoms with van der Waals surface area (Å²) in [5.74, 6) is -1.41. The molecule has 9 heteroatoms. The number of aryl methyl sites for hydroxylation is 2. The molecular weight excluding hydrogens is 342 g/mol. The van der Waals surface area contributed by atoms with Gasteiger partial charge in [-0.1, -0.05) is 6.07 Å². The van der Waals surface area contributed by atoms with Gasteiger partial charge >= 0.3 is 17.2 Å². The number of hydrogen-bond acceptors (Lipinski definition) is 6. The minimum Gasteiger partial charge on any atom is -0.465 e. The van der Waals surface area contributed by atoms with Gasteiger partial charge in [0.25, 0.3) is 0 Å². The molecule has 2 rings (SSSR count). The van der Waals surface area contributed by atoms with Gasteiger partial charge in [0.15, 0.2) is 0 Å². The first-order chi connectivity index (χ1) is 12.2. The zero-order valence-corrected chi connectivity index (χ0v) is 14.4. The van der Waals surface area contributed by atoms with Crippen LogP contribution >= 0.6 is 0 Å². The highest BCUT2D eigenvalue weighted by atomic mass is 16.6. The lowest BCUT2D eigenvalue weighted by Crippen LogP contribution is -2.29. The number of carbonyl (C=O) groups is 2. The van der Waals surface area contributed by atoms with Crippen LogP contribution in [0.2, 0.25) is 0 Å². The summed E-state index contributed by atoms with van der Waals surface area (Å²) in [4.78, 5) is 46.1. The molecule has 2 aromatic rings. The van der Waals surface area contributed by atoms with E-state index in [1.165, 1.54) is 0 Å². The van der Waals surface area contributed by atoms with Crippen molar-refractivity contribution in [3.8, 4) is 0 Å². The number of nitrogens with zero attached hydrogens (tertiary/aromatic N) is 2. The quantitative estimate of drug-likeness (QED) is 0.494. The Morgan fingerprint density at radius 2 is 1.92 bits per heavy atom. The van der Waals surface area contributed by atoms with Crippen molar-refractivity contribution in [3.05, 3.63) is 67.6 Å². The molecular formula is C17H17N3O6. The summed E-state index contributed by atoms with van der Waals surface area (Å²) < 4.78 is 5.32. The first-order valence-corrected chi connectivity index (χ1v) is 7.57. The molecule has 0 unspecified atom stereocenters. The Labute approximate surface area is 148 Å². The van der Waals surface area contributed by atoms with E-state index in [0.717, 1.165) is 35.1 Å². The summed E-state index contributed by atoms with van der Waals surface area (Å²) in [5, 5.41) is 13.6. The molecule has 1 amide bonds. The van der Waals surface area contributed by atoms with Gasteiger partial charge in [-0.25, -0.2) is 4.79 Å². The average molecular weight is 359 g/mol. The van der Waals surface area contributed by atoms with Gasteiger partial charge in [-0.15, -0.1) is 0 Å². The average Bonchev–Trinajstić information content (AvgIpc) is 2.58. The van der Waals surface area contributed by atoms with Crippen LogP contribution in [0.1, 0.15) is 21.5 Å². The standard InChI is InChI=1S/C17H17N3O6/c1-10-4-5-13(6-11(10)2)18-15(21)9-19-8-12(17(23)26-3)7-14(16(19)22)20(24)25/h4-8H,9H2,1-3H3,(H,18,21). The minimum absolute atomic E-state index is 0.196. The van der Waals surface area contributed by atoms with E-state index in [0.29, 0.717) is 5.69 Å². The minimum atomic E-state index is -0.988. The number of anilines is 1. The fourth-order valence-corrected chi connectivity index (χ4v) is 2.27. The number of pyridine rings is 1. The number of amides is 1. The first kappa shape index (κ1) is 18.8. The predicted molar refractivity (Wildman–Crippen MR) is 93.2 cm³/mol. The van der Waals surface area contributed by atoms with E-state index in [9.17, 15) is 24.5 Å². The van der Waals surface area contributed by atoms with Crippen LogP contribution in [-0.2, 0) is 16.1 Å². The third-order valence-corrected chi connectivity index (χ3v) is 3.79. The molecule has 0 aliphatic heterocycles. The number of benzene rings is 1. The molecule has 0 radical (unpaired) electrons. The Balaban J connectivity index is 2.32. The molecule has 26 heavy (non-hydrogen) atoms. The molecule has 0 saturated carbocycles. The maximum absolute atomic E-state index is 12.2. The summed E-state index contributed by atoms with van der Waals surface area (Å²) in [6.45, 7) is 3.33. The molecule has 0 fully saturated rings. The summed E-state index contributed by atoms with van der Waals surface area (Å²) in [6, 6.07) is 6.13. The molecule has 0 saturated heterocycles. The van der Waals surface area contributed by atoms with Crippen LogP contribution in [0.25, 0.3) is 0 Å². The van der Waals surface area contributed by atoms with Gasteiger partial charge in [-0.05, 0) is 37.1 Å². The summed E-state index contributed by atoms with van der Waals surface area (Å²) in [5.41, 5.74) is 0.566. The van der Waals surface area contributed by atoms with Gasteiger partial charge in [0.2, 0.25) is 5.91 Å². The lowest BCUT2D eigenvalue weighted by Gasteiger charge is -2.10. The van der Waals surface area contributed by atoms with Crippen molar-refractivity contribution in [1.82, 2.24) is 4.57 Å². The second-order valence-electron chi connectivity index (χ2n) is 5.64. The lowest BCUT2D eigenvalue weighted by atomic mass is 10.1. The van der Waals surface area contributed by atoms with Gasteiger partial charge in [-0.2, -0.15) is 0 Å². The molecule has 1 aromatic carbocycles. The number of esters is 1. The molecule has 0 bridgehead atoms. The van der Waals surface area contributed by atoms with E-state index in [1.807, 2.05) is 19.9 Å². The van der Waals surface area contributed by atoms with Gasteiger partial charge in [0.1, 0.15) is 6.54 Å². The lowest BCUT2D eigenvalue weighted by molar-refractivity contribution is -0.386. The van der Waals surface area contributed by atoms with Crippen LogP contribution in [0.15, 0.2) is 35.3 Å². The smallest absolute Gasteiger partial charge is 0.339 e. The Morgan fingerprint density at radius 1 is 1.23 bits per heavy atom. The van der Waals surface area contributed by atoms with E-state index in [2.05, 4.69) is 10.1 Å². The number of carbonyl (C=O) groups excluding carboxylic acids is 2. The fraction of sp³-hybridized carbons (Fsp3) is 0.235. The monoisotopic (exact) mass is 359 g/mol. The summed E-state index contributed by atoms with van der Waals surface area (Å²) in [6.07, 6.45) is 1.06. The Kier molecular flexibility index (Phi) is 5.51. The maximum Gasteiger partial charge on any atom is 0.339 e. The Bertz CT molecular complexity index is 948. The number of methoxy groups -OCH3 is 1. The summed E-state index contributed by atoms with van der Waals surface area (Å²) >= 11 is 0. The largest absolute Gasteiger partial charge is 0.465 e. The van der Waals surface area contributed by atoms with Crippen LogP contribution < -0.4 is 10.9 Å². The van der Waals surface area contributed by atoms with E-state index in [1.54, 1.807) is 12.1 Å². The van der Waals surface area contributed by atoms with Gasteiger partial charge in [0.05, 0.1) is 17.6 Å². The highest BCUT2D eigenvalue weighted by Crippen LogP contribution is 2.14. The predicted octanol–water partition coefficient (Wildman–Crippen LogP) is 1.80. The Morgan fingerprint density at radius 3 is 2.50 bits per heavy atom. The maximum atomic E-state index is 12.2. The highest BCUT2D eigenvalue weighted by Gasteiger charge is 2.21. The van der Waals surface area contributed by atoms with Crippen molar-refractivity contribution in [2.45, 2.75) is 20.4 Å². The SMILES string of the molecule is COC(=O)c1cc([N+](=O)[O-])c(=O)n(CC(=O)Nc2ccc(C)c(C)c2)c1. The molecule has 1 N–H and O–H groups in total. The van der Waals surface area contributed by atoms with E-state index in [4.69, 9.17) is 0 Å². The van der Waals surface area contributed by atoms with Crippen molar-refractivity contribution in [1.29, 1.82) is 0 Å². The molecule has 0 aliphatic carbocycles. The van der Waals surface area contributed by atoms with Crippen molar-refractivity contribution >= 4 is 23.3 Å². The fourth-order valence-electron chi connectivity index (χ4n) is 2.27. The van der Waals surface area contributed by atoms with Crippen molar-refractivity contribution in [2.24, 2.45) is 0 Å². The van der Waals surface area contributed by atoms with E-state index < -0.39 is 34.6 Å². The number of hydrogen-bond donors (Lipinski definition) is 1. The van der Waals surface area contributed by atoms with Crippen LogP contribution in [0, 0.1) is 24.0 Å². The van der Waals surface area contributed by atoms with E-state index >= 15 is 0 Å². The number of rotatable bonds is 5. The van der Waals surface area contributed by atoms with Crippen LogP contribution in [0.4, 0.5) is 11.4 Å². The zero-order chi connectivity index (χ0) is 19.4. The zero-order valence-electron chi connectivity index (χ0n) is 14.4. The van der Waals surface area contributed by atoms with Crippen molar-refractivity contribution in [2.75, 3.05) is 12.4 Å². The number of ether oxygens (including phenoxy) is 1. The Hall–Kier alpha value is -3.49. The van der Waals surface area contributed by atoms with Gasteiger partial charge in [0, 0.05) is 18.0 Å². The topological polar surface area (TPSA) is 121 Å². The molecule has 0 aliphatic rings. The van der Waals surface area contributed by atoms with Crippen molar-refractivity contribution in [3.63, 3.8) is 0 Å². The number of nitro groups is 1. The molecule has 0 spiro atoms. The molecule has 1 heterocycles.